The molecule has 0 spiro atoms. The molecule has 1 saturated heterocycles. The molecule has 2 atom stereocenters. The summed E-state index contributed by atoms with van der Waals surface area (Å²) in [6.07, 6.45) is -2.56. The third-order valence-corrected chi connectivity index (χ3v) is 5.30. The molecular formula is C16H17F3N2O4. The number of rotatable bonds is 3. The summed E-state index contributed by atoms with van der Waals surface area (Å²) in [4.78, 5) is 23.7. The molecule has 2 unspecified atom stereocenters. The van der Waals surface area contributed by atoms with Gasteiger partial charge in [0, 0.05) is 30.9 Å². The lowest BCUT2D eigenvalue weighted by atomic mass is 9.81. The summed E-state index contributed by atoms with van der Waals surface area (Å²) in [7, 11) is 1.28. The van der Waals surface area contributed by atoms with E-state index in [2.05, 4.69) is 0 Å². The van der Waals surface area contributed by atoms with Crippen molar-refractivity contribution in [3.8, 4) is 0 Å². The van der Waals surface area contributed by atoms with E-state index in [1.54, 1.807) is 0 Å². The first-order chi connectivity index (χ1) is 11.7. The lowest BCUT2D eigenvalue weighted by Gasteiger charge is -2.27. The zero-order valence-corrected chi connectivity index (χ0v) is 13.5. The molecule has 0 N–H and O–H groups in total. The van der Waals surface area contributed by atoms with E-state index in [1.165, 1.54) is 12.0 Å². The van der Waals surface area contributed by atoms with Crippen LogP contribution in [0.1, 0.15) is 24.8 Å². The predicted octanol–water partition coefficient (Wildman–Crippen LogP) is 3.39. The summed E-state index contributed by atoms with van der Waals surface area (Å²) in [6.45, 7) is 0.432. The number of hydrogen-bond acceptors (Lipinski definition) is 5. The van der Waals surface area contributed by atoms with Crippen LogP contribution >= 0.6 is 0 Å². The molecule has 1 aliphatic heterocycles. The Hall–Kier alpha value is -2.32. The van der Waals surface area contributed by atoms with Crippen LogP contribution in [-0.4, -0.2) is 31.1 Å². The first-order valence-corrected chi connectivity index (χ1v) is 7.88. The number of halogens is 3. The normalized spacial score (nSPS) is 25.8. The molecule has 0 bridgehead atoms. The van der Waals surface area contributed by atoms with Crippen LogP contribution in [-0.2, 0) is 15.7 Å². The number of carbonyl (C=O) groups excluding carboxylic acids is 1. The number of ether oxygens (including phenoxy) is 1. The summed E-state index contributed by atoms with van der Waals surface area (Å²) in [5.41, 5.74) is -2.59. The average Bonchev–Trinajstić information content (AvgIpc) is 3.10. The number of nitrogens with zero attached hydrogens (tertiary/aromatic N) is 2. The summed E-state index contributed by atoms with van der Waals surface area (Å²) >= 11 is 0. The van der Waals surface area contributed by atoms with Gasteiger partial charge in [-0.2, -0.15) is 13.2 Å². The minimum absolute atomic E-state index is 0.0729. The highest BCUT2D eigenvalue weighted by Crippen LogP contribution is 2.52. The summed E-state index contributed by atoms with van der Waals surface area (Å²) in [5.74, 6) is -0.468. The van der Waals surface area contributed by atoms with E-state index in [4.69, 9.17) is 4.74 Å². The quantitative estimate of drug-likeness (QED) is 0.470. The molecular weight excluding hydrogens is 341 g/mol. The van der Waals surface area contributed by atoms with Gasteiger partial charge in [-0.15, -0.1) is 0 Å². The molecule has 1 heterocycles. The van der Waals surface area contributed by atoms with Gasteiger partial charge in [0.1, 0.15) is 0 Å². The van der Waals surface area contributed by atoms with Crippen molar-refractivity contribution in [2.75, 3.05) is 25.1 Å². The number of esters is 1. The van der Waals surface area contributed by atoms with Gasteiger partial charge in [-0.05, 0) is 24.8 Å². The van der Waals surface area contributed by atoms with Crippen molar-refractivity contribution in [2.24, 2.45) is 11.3 Å². The van der Waals surface area contributed by atoms with E-state index in [0.717, 1.165) is 25.0 Å². The Morgan fingerprint density at radius 2 is 2.16 bits per heavy atom. The zero-order chi connectivity index (χ0) is 18.4. The lowest BCUT2D eigenvalue weighted by molar-refractivity contribution is -0.385. The molecule has 0 aromatic heterocycles. The Morgan fingerprint density at radius 3 is 2.76 bits per heavy atom. The number of benzene rings is 1. The van der Waals surface area contributed by atoms with E-state index in [9.17, 15) is 28.1 Å². The Balaban J connectivity index is 2.00. The monoisotopic (exact) mass is 358 g/mol. The molecule has 6 nitrogen and oxygen atoms in total. The number of alkyl halides is 3. The molecule has 1 aromatic carbocycles. The first kappa shape index (κ1) is 17.5. The molecule has 0 amide bonds. The van der Waals surface area contributed by atoms with Crippen LogP contribution in [0.4, 0.5) is 24.5 Å². The van der Waals surface area contributed by atoms with Crippen molar-refractivity contribution in [3.05, 3.63) is 33.9 Å². The van der Waals surface area contributed by atoms with Gasteiger partial charge in [-0.1, -0.05) is 6.42 Å². The predicted molar refractivity (Wildman–Crippen MR) is 82.1 cm³/mol. The van der Waals surface area contributed by atoms with Gasteiger partial charge in [0.05, 0.1) is 23.0 Å². The SMILES string of the molecule is COC(=O)C12CCCC1CN(c1ccc([N+](=O)[O-])cc1C(F)(F)F)C2. The highest BCUT2D eigenvalue weighted by molar-refractivity contribution is 5.80. The second-order valence-corrected chi connectivity index (χ2v) is 6.57. The average molecular weight is 358 g/mol. The van der Waals surface area contributed by atoms with E-state index >= 15 is 0 Å². The Kier molecular flexibility index (Phi) is 4.12. The second-order valence-electron chi connectivity index (χ2n) is 6.57. The highest BCUT2D eigenvalue weighted by Gasteiger charge is 2.56. The number of nitro groups is 1. The van der Waals surface area contributed by atoms with Crippen LogP contribution in [0.5, 0.6) is 0 Å². The summed E-state index contributed by atoms with van der Waals surface area (Å²) < 4.78 is 45.1. The Labute approximate surface area is 141 Å². The molecule has 1 aromatic rings. The molecule has 1 saturated carbocycles. The maximum absolute atomic E-state index is 13.4. The van der Waals surface area contributed by atoms with Gasteiger partial charge >= 0.3 is 12.1 Å². The molecule has 25 heavy (non-hydrogen) atoms. The lowest BCUT2D eigenvalue weighted by Crippen LogP contribution is -2.37. The molecule has 0 radical (unpaired) electrons. The van der Waals surface area contributed by atoms with Crippen molar-refractivity contribution in [3.63, 3.8) is 0 Å². The molecule has 2 fully saturated rings. The van der Waals surface area contributed by atoms with E-state index in [-0.39, 0.29) is 18.2 Å². The van der Waals surface area contributed by atoms with Crippen molar-refractivity contribution in [1.29, 1.82) is 0 Å². The molecule has 2 aliphatic rings. The summed E-state index contributed by atoms with van der Waals surface area (Å²) in [6, 6.07) is 2.73. The maximum atomic E-state index is 13.4. The molecule has 3 rings (SSSR count). The van der Waals surface area contributed by atoms with Crippen LogP contribution in [0, 0.1) is 21.4 Å². The second kappa shape index (κ2) is 5.89. The zero-order valence-electron chi connectivity index (χ0n) is 13.5. The fraction of sp³-hybridized carbons (Fsp3) is 0.562. The minimum Gasteiger partial charge on any atom is -0.469 e. The standard InChI is InChI=1S/C16H17F3N2O4/c1-25-14(22)15-6-2-3-10(15)8-20(9-15)13-5-4-11(21(23)24)7-12(13)16(17,18)19/h4-5,7,10H,2-3,6,8-9H2,1H3. The topological polar surface area (TPSA) is 72.7 Å². The Bertz CT molecular complexity index is 722. The van der Waals surface area contributed by atoms with Gasteiger partial charge in [0.25, 0.3) is 5.69 Å². The number of nitro benzene ring substituents is 1. The number of fused-ring (bicyclic) bond motifs is 1. The van der Waals surface area contributed by atoms with Crippen molar-refractivity contribution < 1.29 is 27.6 Å². The van der Waals surface area contributed by atoms with Crippen molar-refractivity contribution >= 4 is 17.3 Å². The van der Waals surface area contributed by atoms with Crippen LogP contribution in [0.2, 0.25) is 0 Å². The third-order valence-electron chi connectivity index (χ3n) is 5.30. The van der Waals surface area contributed by atoms with Gasteiger partial charge < -0.3 is 9.64 Å². The molecule has 1 aliphatic carbocycles. The number of methoxy groups -OCH3 is 1. The molecule has 9 heteroatoms. The Morgan fingerprint density at radius 1 is 1.44 bits per heavy atom. The van der Waals surface area contributed by atoms with E-state index in [0.29, 0.717) is 19.0 Å². The van der Waals surface area contributed by atoms with Crippen LogP contribution in [0.25, 0.3) is 0 Å². The smallest absolute Gasteiger partial charge is 0.418 e. The largest absolute Gasteiger partial charge is 0.469 e. The van der Waals surface area contributed by atoms with Crippen molar-refractivity contribution in [2.45, 2.75) is 25.4 Å². The maximum Gasteiger partial charge on any atom is 0.418 e. The number of non-ortho nitro benzene ring substituents is 1. The van der Waals surface area contributed by atoms with Crippen LogP contribution in [0.3, 0.4) is 0 Å². The van der Waals surface area contributed by atoms with Crippen molar-refractivity contribution in [1.82, 2.24) is 0 Å². The van der Waals surface area contributed by atoms with E-state index in [1.807, 2.05) is 0 Å². The van der Waals surface area contributed by atoms with Crippen LogP contribution < -0.4 is 4.90 Å². The van der Waals surface area contributed by atoms with Gasteiger partial charge in [0.2, 0.25) is 0 Å². The van der Waals surface area contributed by atoms with Gasteiger partial charge in [0.15, 0.2) is 0 Å². The van der Waals surface area contributed by atoms with Gasteiger partial charge in [-0.25, -0.2) is 0 Å². The fourth-order valence-electron chi connectivity index (χ4n) is 4.15. The minimum atomic E-state index is -4.72. The number of hydrogen-bond donors (Lipinski definition) is 0. The fourth-order valence-corrected chi connectivity index (χ4v) is 4.15. The van der Waals surface area contributed by atoms with Gasteiger partial charge in [-0.3, -0.25) is 14.9 Å². The van der Waals surface area contributed by atoms with E-state index < -0.39 is 33.7 Å². The van der Waals surface area contributed by atoms with Crippen LogP contribution in [0.15, 0.2) is 18.2 Å². The highest BCUT2D eigenvalue weighted by atomic mass is 19.4. The summed E-state index contributed by atoms with van der Waals surface area (Å²) in [5, 5.41) is 10.8. The molecule has 136 valence electrons. The number of carbonyl (C=O) groups is 1. The third kappa shape index (κ3) is 2.81. The number of anilines is 1. The first-order valence-electron chi connectivity index (χ1n) is 7.88.